The van der Waals surface area contributed by atoms with Crippen molar-refractivity contribution in [3.05, 3.63) is 29.8 Å². The van der Waals surface area contributed by atoms with E-state index in [9.17, 15) is 14.4 Å². The molecule has 0 aliphatic carbocycles. The van der Waals surface area contributed by atoms with Gasteiger partial charge in [0.2, 0.25) is 0 Å². The van der Waals surface area contributed by atoms with Crippen LogP contribution in [0.3, 0.4) is 0 Å². The van der Waals surface area contributed by atoms with Crippen LogP contribution >= 0.6 is 0 Å². The highest BCUT2D eigenvalue weighted by Gasteiger charge is 2.21. The van der Waals surface area contributed by atoms with E-state index in [1.165, 1.54) is 27.0 Å². The van der Waals surface area contributed by atoms with Gasteiger partial charge in [-0.3, -0.25) is 9.59 Å². The van der Waals surface area contributed by atoms with E-state index in [0.717, 1.165) is 4.90 Å². The maximum Gasteiger partial charge on any atom is 0.326 e. The number of carboxylic acid groups (broad SMARTS) is 1. The highest BCUT2D eigenvalue weighted by molar-refractivity contribution is 5.94. The molecule has 0 aromatic heterocycles. The fraction of sp³-hybridized carbons (Fsp3) is 0.357. The van der Waals surface area contributed by atoms with Gasteiger partial charge in [-0.1, -0.05) is 12.1 Å². The number of ether oxygens (including phenoxy) is 1. The van der Waals surface area contributed by atoms with Crippen LogP contribution in [0.25, 0.3) is 0 Å². The number of hydrogen-bond donors (Lipinski definition) is 1. The first-order chi connectivity index (χ1) is 9.32. The van der Waals surface area contributed by atoms with Crippen molar-refractivity contribution < 1.29 is 24.2 Å². The van der Waals surface area contributed by atoms with Crippen molar-refractivity contribution in [2.45, 2.75) is 19.9 Å². The summed E-state index contributed by atoms with van der Waals surface area (Å²) in [5.41, 5.74) is 0.488. The monoisotopic (exact) mass is 279 g/mol. The average molecular weight is 279 g/mol. The van der Waals surface area contributed by atoms with Crippen molar-refractivity contribution >= 4 is 17.7 Å². The minimum absolute atomic E-state index is 0.0987. The Morgan fingerprint density at radius 2 is 2.00 bits per heavy atom. The predicted molar refractivity (Wildman–Crippen MR) is 71.8 cm³/mol. The number of nitrogens with zero attached hydrogens (tertiary/aromatic N) is 1. The Hall–Kier alpha value is -2.37. The zero-order valence-corrected chi connectivity index (χ0v) is 11.6. The summed E-state index contributed by atoms with van der Waals surface area (Å²) in [7, 11) is 1.40. The van der Waals surface area contributed by atoms with E-state index in [-0.39, 0.29) is 12.4 Å². The quantitative estimate of drug-likeness (QED) is 0.791. The molecule has 0 saturated heterocycles. The van der Waals surface area contributed by atoms with Crippen LogP contribution in [0.4, 0.5) is 0 Å². The molecule has 1 N–H and O–H groups in total. The van der Waals surface area contributed by atoms with Gasteiger partial charge in [0.15, 0.2) is 12.4 Å². The minimum atomic E-state index is -1.08. The van der Waals surface area contributed by atoms with Gasteiger partial charge in [0.1, 0.15) is 11.8 Å². The highest BCUT2D eigenvalue weighted by Crippen LogP contribution is 2.14. The molecule has 0 saturated carbocycles. The number of likely N-dealkylation sites (N-methyl/N-ethyl adjacent to an activating group) is 1. The number of carbonyl (C=O) groups excluding carboxylic acids is 2. The van der Waals surface area contributed by atoms with E-state index in [1.54, 1.807) is 18.2 Å². The van der Waals surface area contributed by atoms with Crippen LogP contribution in [0.1, 0.15) is 24.2 Å². The third kappa shape index (κ3) is 4.08. The molecule has 0 aliphatic heterocycles. The maximum atomic E-state index is 11.8. The molecule has 0 spiro atoms. The summed E-state index contributed by atoms with van der Waals surface area (Å²) in [4.78, 5) is 34.8. The van der Waals surface area contributed by atoms with Gasteiger partial charge in [-0.05, 0) is 26.0 Å². The van der Waals surface area contributed by atoms with Gasteiger partial charge in [0.05, 0.1) is 0 Å². The summed E-state index contributed by atoms with van der Waals surface area (Å²) in [6.07, 6.45) is 0. The first kappa shape index (κ1) is 15.7. The number of rotatable bonds is 6. The standard InChI is InChI=1S/C14H17NO5/c1-9(14(18)19)15(3)13(17)8-20-12-6-4-5-11(7-12)10(2)16/h4-7,9H,8H2,1-3H3,(H,18,19). The molecule has 6 nitrogen and oxygen atoms in total. The van der Waals surface area contributed by atoms with Crippen LogP contribution in [0.5, 0.6) is 5.75 Å². The Balaban J connectivity index is 2.63. The summed E-state index contributed by atoms with van der Waals surface area (Å²) in [5.74, 6) is -1.24. The molecule has 20 heavy (non-hydrogen) atoms. The van der Waals surface area contributed by atoms with E-state index >= 15 is 0 Å². The van der Waals surface area contributed by atoms with E-state index in [1.807, 2.05) is 0 Å². The van der Waals surface area contributed by atoms with Crippen LogP contribution in [-0.2, 0) is 9.59 Å². The molecule has 1 unspecified atom stereocenters. The molecule has 1 amide bonds. The molecule has 1 rings (SSSR count). The van der Waals surface area contributed by atoms with Crippen LogP contribution in [-0.4, -0.2) is 47.4 Å². The number of aliphatic carboxylic acids is 1. The Bertz CT molecular complexity index is 526. The van der Waals surface area contributed by atoms with Crippen LogP contribution in [0.2, 0.25) is 0 Å². The summed E-state index contributed by atoms with van der Waals surface area (Å²) >= 11 is 0. The fourth-order valence-electron chi connectivity index (χ4n) is 1.43. The van der Waals surface area contributed by atoms with Gasteiger partial charge >= 0.3 is 5.97 Å². The summed E-state index contributed by atoms with van der Waals surface area (Å²) in [6.45, 7) is 2.57. The van der Waals surface area contributed by atoms with Crippen LogP contribution in [0, 0.1) is 0 Å². The van der Waals surface area contributed by atoms with E-state index in [4.69, 9.17) is 9.84 Å². The number of amides is 1. The maximum absolute atomic E-state index is 11.8. The van der Waals surface area contributed by atoms with Crippen LogP contribution in [0.15, 0.2) is 24.3 Å². The molecular formula is C14H17NO5. The average Bonchev–Trinajstić information content (AvgIpc) is 2.43. The van der Waals surface area contributed by atoms with E-state index in [2.05, 4.69) is 0 Å². The second-order valence-corrected chi connectivity index (χ2v) is 4.39. The lowest BCUT2D eigenvalue weighted by Crippen LogP contribution is -2.42. The summed E-state index contributed by atoms with van der Waals surface area (Å²) in [6, 6.07) is 5.54. The first-order valence-corrected chi connectivity index (χ1v) is 6.05. The lowest BCUT2D eigenvalue weighted by atomic mass is 10.1. The van der Waals surface area contributed by atoms with Crippen molar-refractivity contribution in [1.82, 2.24) is 4.90 Å². The SMILES string of the molecule is CC(=O)c1cccc(OCC(=O)N(C)C(C)C(=O)O)c1. The van der Waals surface area contributed by atoms with Crippen molar-refractivity contribution in [2.75, 3.05) is 13.7 Å². The first-order valence-electron chi connectivity index (χ1n) is 6.05. The molecule has 0 radical (unpaired) electrons. The highest BCUT2D eigenvalue weighted by atomic mass is 16.5. The topological polar surface area (TPSA) is 83.9 Å². The third-order valence-electron chi connectivity index (χ3n) is 2.93. The lowest BCUT2D eigenvalue weighted by molar-refractivity contribution is -0.148. The fourth-order valence-corrected chi connectivity index (χ4v) is 1.43. The summed E-state index contributed by atoms with van der Waals surface area (Å²) < 4.78 is 5.27. The minimum Gasteiger partial charge on any atom is -0.484 e. The zero-order valence-electron chi connectivity index (χ0n) is 11.6. The lowest BCUT2D eigenvalue weighted by Gasteiger charge is -2.21. The molecular weight excluding hydrogens is 262 g/mol. The number of ketones is 1. The molecule has 1 aromatic rings. The Kier molecular flexibility index (Phi) is 5.25. The smallest absolute Gasteiger partial charge is 0.326 e. The number of Topliss-reactive ketones (excluding diaryl/α,β-unsaturated/α-hetero) is 1. The normalized spacial score (nSPS) is 11.6. The van der Waals surface area contributed by atoms with E-state index < -0.39 is 17.9 Å². The molecule has 6 heteroatoms. The number of hydrogen-bond acceptors (Lipinski definition) is 4. The van der Waals surface area contributed by atoms with Crippen molar-refractivity contribution in [2.24, 2.45) is 0 Å². The van der Waals surface area contributed by atoms with Gasteiger partial charge in [-0.25, -0.2) is 4.79 Å². The molecule has 108 valence electrons. The second-order valence-electron chi connectivity index (χ2n) is 4.39. The summed E-state index contributed by atoms with van der Waals surface area (Å²) in [5, 5.41) is 8.81. The van der Waals surface area contributed by atoms with Gasteiger partial charge in [0.25, 0.3) is 5.91 Å². The molecule has 0 heterocycles. The second kappa shape index (κ2) is 6.70. The number of carbonyl (C=O) groups is 3. The molecule has 1 aromatic carbocycles. The molecule has 0 aliphatic rings. The van der Waals surface area contributed by atoms with Crippen molar-refractivity contribution in [1.29, 1.82) is 0 Å². The van der Waals surface area contributed by atoms with Crippen molar-refractivity contribution in [3.8, 4) is 5.75 Å². The largest absolute Gasteiger partial charge is 0.484 e. The Morgan fingerprint density at radius 1 is 1.35 bits per heavy atom. The van der Waals surface area contributed by atoms with Crippen molar-refractivity contribution in [3.63, 3.8) is 0 Å². The number of carboxylic acids is 1. The van der Waals surface area contributed by atoms with Gasteiger partial charge in [-0.2, -0.15) is 0 Å². The third-order valence-corrected chi connectivity index (χ3v) is 2.93. The van der Waals surface area contributed by atoms with Gasteiger partial charge in [-0.15, -0.1) is 0 Å². The Morgan fingerprint density at radius 3 is 2.55 bits per heavy atom. The van der Waals surface area contributed by atoms with E-state index in [0.29, 0.717) is 11.3 Å². The predicted octanol–water partition coefficient (Wildman–Crippen LogP) is 1.20. The zero-order chi connectivity index (χ0) is 15.3. The molecule has 0 fully saturated rings. The number of benzene rings is 1. The molecule has 1 atom stereocenters. The molecule has 0 bridgehead atoms. The Labute approximate surface area is 117 Å². The van der Waals surface area contributed by atoms with Gasteiger partial charge < -0.3 is 14.7 Å². The van der Waals surface area contributed by atoms with Crippen LogP contribution < -0.4 is 4.74 Å². The van der Waals surface area contributed by atoms with Gasteiger partial charge in [0, 0.05) is 12.6 Å².